The van der Waals surface area contributed by atoms with Crippen LogP contribution in [-0.2, 0) is 6.42 Å². The highest BCUT2D eigenvalue weighted by Crippen LogP contribution is 2.33. The van der Waals surface area contributed by atoms with E-state index in [4.69, 9.17) is 9.47 Å². The van der Waals surface area contributed by atoms with Crippen LogP contribution in [0, 0.1) is 11.6 Å². The lowest BCUT2D eigenvalue weighted by Gasteiger charge is -2.20. The average molecular weight is 292 g/mol. The van der Waals surface area contributed by atoms with Crippen LogP contribution in [0.15, 0.2) is 36.4 Å². The number of benzene rings is 2. The monoisotopic (exact) mass is 292 g/mol. The molecule has 0 fully saturated rings. The number of fused-ring (bicyclic) bond motifs is 1. The van der Waals surface area contributed by atoms with Gasteiger partial charge < -0.3 is 14.6 Å². The third-order valence-corrected chi connectivity index (χ3v) is 3.41. The summed E-state index contributed by atoms with van der Waals surface area (Å²) < 4.78 is 38.0. The summed E-state index contributed by atoms with van der Waals surface area (Å²) in [6.07, 6.45) is -1.16. The summed E-state index contributed by atoms with van der Waals surface area (Å²) in [6.45, 7) is 0.920. The summed E-state index contributed by atoms with van der Waals surface area (Å²) >= 11 is 0. The average Bonchev–Trinajstić information content (AvgIpc) is 2.50. The van der Waals surface area contributed by atoms with Gasteiger partial charge in [0.1, 0.15) is 24.8 Å². The zero-order chi connectivity index (χ0) is 14.8. The third kappa shape index (κ3) is 2.83. The molecule has 3 nitrogen and oxygen atoms in total. The minimum absolute atomic E-state index is 0.125. The van der Waals surface area contributed by atoms with Crippen LogP contribution >= 0.6 is 0 Å². The maximum Gasteiger partial charge on any atom is 0.161 e. The van der Waals surface area contributed by atoms with Gasteiger partial charge in [-0.3, -0.25) is 0 Å². The second-order valence-corrected chi connectivity index (χ2v) is 4.82. The van der Waals surface area contributed by atoms with Crippen LogP contribution in [0.25, 0.3) is 0 Å². The van der Waals surface area contributed by atoms with E-state index in [0.717, 1.165) is 0 Å². The minimum atomic E-state index is -1.02. The first-order chi connectivity index (χ1) is 10.1. The van der Waals surface area contributed by atoms with Crippen molar-refractivity contribution in [3.63, 3.8) is 0 Å². The molecule has 0 radical (unpaired) electrons. The molecule has 2 aromatic carbocycles. The number of ether oxygens (including phenoxy) is 2. The number of halogens is 2. The van der Waals surface area contributed by atoms with Gasteiger partial charge in [0.25, 0.3) is 0 Å². The van der Waals surface area contributed by atoms with E-state index >= 15 is 0 Å². The first-order valence-electron chi connectivity index (χ1n) is 6.65. The van der Waals surface area contributed by atoms with E-state index in [1.54, 1.807) is 18.2 Å². The quantitative estimate of drug-likeness (QED) is 0.945. The topological polar surface area (TPSA) is 38.7 Å². The first kappa shape index (κ1) is 13.8. The molecule has 0 spiro atoms. The number of aliphatic hydroxyl groups is 1. The Morgan fingerprint density at radius 3 is 2.38 bits per heavy atom. The maximum absolute atomic E-state index is 13.6. The smallest absolute Gasteiger partial charge is 0.161 e. The molecule has 0 bridgehead atoms. The van der Waals surface area contributed by atoms with Crippen molar-refractivity contribution in [1.29, 1.82) is 0 Å². The SMILES string of the molecule is OC(Cc1c(F)cccc1F)c1ccc2c(c1)OCCO2. The van der Waals surface area contributed by atoms with Gasteiger partial charge in [0.05, 0.1) is 6.10 Å². The van der Waals surface area contributed by atoms with E-state index in [2.05, 4.69) is 0 Å². The second-order valence-electron chi connectivity index (χ2n) is 4.82. The molecule has 0 saturated carbocycles. The molecule has 1 aliphatic rings. The molecule has 1 atom stereocenters. The van der Waals surface area contributed by atoms with Gasteiger partial charge >= 0.3 is 0 Å². The molecule has 1 aliphatic heterocycles. The number of hydrogen-bond acceptors (Lipinski definition) is 3. The van der Waals surface area contributed by atoms with Crippen molar-refractivity contribution in [3.05, 3.63) is 59.2 Å². The van der Waals surface area contributed by atoms with Crippen molar-refractivity contribution in [2.45, 2.75) is 12.5 Å². The lowest BCUT2D eigenvalue weighted by atomic mass is 10.00. The van der Waals surface area contributed by atoms with Gasteiger partial charge in [-0.1, -0.05) is 12.1 Å². The van der Waals surface area contributed by atoms with Crippen LogP contribution in [0.1, 0.15) is 17.2 Å². The summed E-state index contributed by atoms with van der Waals surface area (Å²) in [5, 5.41) is 10.2. The molecule has 1 N–H and O–H groups in total. The summed E-state index contributed by atoms with van der Waals surface area (Å²) in [5.41, 5.74) is 0.404. The fraction of sp³-hybridized carbons (Fsp3) is 0.250. The van der Waals surface area contributed by atoms with Gasteiger partial charge in [-0.15, -0.1) is 0 Å². The van der Waals surface area contributed by atoms with Crippen LogP contribution < -0.4 is 9.47 Å². The lowest BCUT2D eigenvalue weighted by Crippen LogP contribution is -2.16. The number of rotatable bonds is 3. The zero-order valence-corrected chi connectivity index (χ0v) is 11.2. The van der Waals surface area contributed by atoms with E-state index < -0.39 is 17.7 Å². The summed E-state index contributed by atoms with van der Waals surface area (Å²) in [7, 11) is 0. The van der Waals surface area contributed by atoms with Gasteiger partial charge in [0.15, 0.2) is 11.5 Å². The minimum Gasteiger partial charge on any atom is -0.486 e. The highest BCUT2D eigenvalue weighted by Gasteiger charge is 2.18. The maximum atomic E-state index is 13.6. The van der Waals surface area contributed by atoms with Gasteiger partial charge in [0, 0.05) is 12.0 Å². The Kier molecular flexibility index (Phi) is 3.75. The molecule has 1 heterocycles. The van der Waals surface area contributed by atoms with E-state index in [0.29, 0.717) is 30.3 Å². The molecule has 2 aromatic rings. The van der Waals surface area contributed by atoms with Gasteiger partial charge in [-0.2, -0.15) is 0 Å². The molecule has 0 amide bonds. The highest BCUT2D eigenvalue weighted by molar-refractivity contribution is 5.44. The molecular weight excluding hydrogens is 278 g/mol. The second kappa shape index (κ2) is 5.69. The third-order valence-electron chi connectivity index (χ3n) is 3.41. The van der Waals surface area contributed by atoms with Crippen LogP contribution in [0.4, 0.5) is 8.78 Å². The van der Waals surface area contributed by atoms with Crippen molar-refractivity contribution >= 4 is 0 Å². The fourth-order valence-corrected chi connectivity index (χ4v) is 2.31. The fourth-order valence-electron chi connectivity index (χ4n) is 2.31. The van der Waals surface area contributed by atoms with Crippen LogP contribution in [0.2, 0.25) is 0 Å². The predicted molar refractivity (Wildman–Crippen MR) is 72.5 cm³/mol. The van der Waals surface area contributed by atoms with E-state index in [1.165, 1.54) is 18.2 Å². The Morgan fingerprint density at radius 2 is 1.67 bits per heavy atom. The number of aliphatic hydroxyl groups excluding tert-OH is 1. The van der Waals surface area contributed by atoms with Crippen molar-refractivity contribution in [3.8, 4) is 11.5 Å². The summed E-state index contributed by atoms with van der Waals surface area (Å²) in [4.78, 5) is 0. The zero-order valence-electron chi connectivity index (χ0n) is 11.2. The van der Waals surface area contributed by atoms with Gasteiger partial charge in [0.2, 0.25) is 0 Å². The van der Waals surface area contributed by atoms with Crippen LogP contribution in [0.5, 0.6) is 11.5 Å². The van der Waals surface area contributed by atoms with Crippen molar-refractivity contribution in [1.82, 2.24) is 0 Å². The van der Waals surface area contributed by atoms with E-state index in [-0.39, 0.29) is 12.0 Å². The molecular formula is C16H14F2O3. The van der Waals surface area contributed by atoms with E-state index in [1.807, 2.05) is 0 Å². The Labute approximate surface area is 120 Å². The lowest BCUT2D eigenvalue weighted by molar-refractivity contribution is 0.163. The van der Waals surface area contributed by atoms with Gasteiger partial charge in [-0.25, -0.2) is 8.78 Å². The Morgan fingerprint density at radius 1 is 1.00 bits per heavy atom. The molecule has 3 rings (SSSR count). The molecule has 5 heteroatoms. The molecule has 0 aromatic heterocycles. The highest BCUT2D eigenvalue weighted by atomic mass is 19.1. The van der Waals surface area contributed by atoms with Gasteiger partial charge in [-0.05, 0) is 29.8 Å². The van der Waals surface area contributed by atoms with Crippen molar-refractivity contribution in [2.75, 3.05) is 13.2 Å². The van der Waals surface area contributed by atoms with Crippen LogP contribution in [-0.4, -0.2) is 18.3 Å². The Balaban J connectivity index is 1.84. The van der Waals surface area contributed by atoms with Crippen molar-refractivity contribution < 1.29 is 23.4 Å². The predicted octanol–water partition coefficient (Wildman–Crippen LogP) is 3.01. The Bertz CT molecular complexity index is 638. The largest absolute Gasteiger partial charge is 0.486 e. The first-order valence-corrected chi connectivity index (χ1v) is 6.65. The molecule has 0 aliphatic carbocycles. The Hall–Kier alpha value is -2.14. The molecule has 1 unspecified atom stereocenters. The van der Waals surface area contributed by atoms with Crippen molar-refractivity contribution in [2.24, 2.45) is 0 Å². The number of hydrogen-bond donors (Lipinski definition) is 1. The normalized spacial score (nSPS) is 14.8. The van der Waals surface area contributed by atoms with E-state index in [9.17, 15) is 13.9 Å². The molecule has 110 valence electrons. The van der Waals surface area contributed by atoms with Crippen LogP contribution in [0.3, 0.4) is 0 Å². The standard InChI is InChI=1S/C16H14F2O3/c17-12-2-1-3-13(18)11(12)9-14(19)10-4-5-15-16(8-10)21-7-6-20-15/h1-5,8,14,19H,6-7,9H2. The molecule has 21 heavy (non-hydrogen) atoms. The summed E-state index contributed by atoms with van der Waals surface area (Å²) in [5.74, 6) is -0.181. The summed E-state index contributed by atoms with van der Waals surface area (Å²) in [6, 6.07) is 8.63. The molecule has 0 saturated heterocycles.